The van der Waals surface area contributed by atoms with Gasteiger partial charge in [0.15, 0.2) is 0 Å². The SMILES string of the molecule is O=[PH2]C(O)(Cc1ccccc1)[C@@H]1CN[C@H](c2cccc(C(=O)O)c2)CO1. The highest BCUT2D eigenvalue weighted by Crippen LogP contribution is 2.33. The molecule has 138 valence electrons. The number of rotatable bonds is 6. The third kappa shape index (κ3) is 4.22. The Morgan fingerprint density at radius 1 is 1.23 bits per heavy atom. The van der Waals surface area contributed by atoms with E-state index in [0.29, 0.717) is 6.54 Å². The lowest BCUT2D eigenvalue weighted by atomic mass is 9.99. The predicted molar refractivity (Wildman–Crippen MR) is 99.4 cm³/mol. The van der Waals surface area contributed by atoms with Crippen LogP contribution in [-0.4, -0.2) is 40.8 Å². The molecule has 0 bridgehead atoms. The van der Waals surface area contributed by atoms with Crippen molar-refractivity contribution in [2.24, 2.45) is 0 Å². The average molecular weight is 375 g/mol. The average Bonchev–Trinajstić information content (AvgIpc) is 2.69. The minimum Gasteiger partial charge on any atom is -0.478 e. The summed E-state index contributed by atoms with van der Waals surface area (Å²) in [6.45, 7) is 0.602. The summed E-state index contributed by atoms with van der Waals surface area (Å²) in [6, 6.07) is 15.9. The van der Waals surface area contributed by atoms with Crippen LogP contribution in [0.3, 0.4) is 0 Å². The topological polar surface area (TPSA) is 95.9 Å². The van der Waals surface area contributed by atoms with E-state index in [1.807, 2.05) is 36.4 Å². The Morgan fingerprint density at radius 2 is 2.00 bits per heavy atom. The standard InChI is InChI=1S/C19H22NO5P/c21-18(22)15-8-4-7-14(9-15)16-12-25-17(11-20-16)19(23,26-24)10-13-5-2-1-3-6-13/h1-9,16-17,20,23H,10-12,26H2,(H,21,22)/t16-,17-,19?/m0/s1. The lowest BCUT2D eigenvalue weighted by Gasteiger charge is -2.38. The Morgan fingerprint density at radius 3 is 2.62 bits per heavy atom. The molecule has 1 heterocycles. The molecule has 0 radical (unpaired) electrons. The van der Waals surface area contributed by atoms with Crippen molar-refractivity contribution < 1.29 is 24.3 Å². The van der Waals surface area contributed by atoms with E-state index >= 15 is 0 Å². The van der Waals surface area contributed by atoms with Gasteiger partial charge in [-0.05, 0) is 23.3 Å². The van der Waals surface area contributed by atoms with Gasteiger partial charge in [-0.15, -0.1) is 0 Å². The number of carboxylic acids is 1. The van der Waals surface area contributed by atoms with E-state index < -0.39 is 25.9 Å². The van der Waals surface area contributed by atoms with Gasteiger partial charge in [0.2, 0.25) is 0 Å². The Hall–Kier alpha value is -1.98. The molecule has 1 saturated heterocycles. The lowest BCUT2D eigenvalue weighted by Crippen LogP contribution is -2.52. The van der Waals surface area contributed by atoms with E-state index in [1.54, 1.807) is 12.1 Å². The first-order chi connectivity index (χ1) is 12.5. The third-order valence-electron chi connectivity index (χ3n) is 4.64. The van der Waals surface area contributed by atoms with Gasteiger partial charge >= 0.3 is 5.97 Å². The monoisotopic (exact) mass is 375 g/mol. The first kappa shape index (κ1) is 18.8. The Labute approximate surface area is 153 Å². The number of aliphatic hydroxyl groups is 1. The van der Waals surface area contributed by atoms with Crippen molar-refractivity contribution >= 4 is 14.4 Å². The highest BCUT2D eigenvalue weighted by molar-refractivity contribution is 7.25. The third-order valence-corrected chi connectivity index (χ3v) is 5.63. The summed E-state index contributed by atoms with van der Waals surface area (Å²) in [5.41, 5.74) is 1.93. The molecule has 1 aliphatic heterocycles. The fraction of sp³-hybridized carbons (Fsp3) is 0.316. The zero-order valence-electron chi connectivity index (χ0n) is 14.2. The number of ether oxygens (including phenoxy) is 1. The predicted octanol–water partition coefficient (Wildman–Crippen LogP) is 2.10. The summed E-state index contributed by atoms with van der Waals surface area (Å²) in [6.07, 6.45) is -0.327. The highest BCUT2D eigenvalue weighted by atomic mass is 31.1. The Kier molecular flexibility index (Phi) is 5.89. The van der Waals surface area contributed by atoms with Crippen molar-refractivity contribution in [2.75, 3.05) is 13.2 Å². The van der Waals surface area contributed by atoms with E-state index in [0.717, 1.165) is 11.1 Å². The molecule has 3 N–H and O–H groups in total. The maximum absolute atomic E-state index is 11.8. The van der Waals surface area contributed by atoms with Crippen LogP contribution in [-0.2, 0) is 15.7 Å². The molecule has 0 amide bonds. The summed E-state index contributed by atoms with van der Waals surface area (Å²) in [4.78, 5) is 11.1. The zero-order valence-corrected chi connectivity index (χ0v) is 15.3. The van der Waals surface area contributed by atoms with Crippen LogP contribution in [0, 0.1) is 0 Å². The number of hydrogen-bond acceptors (Lipinski definition) is 5. The summed E-state index contributed by atoms with van der Waals surface area (Å²) in [5.74, 6) is -0.978. The summed E-state index contributed by atoms with van der Waals surface area (Å²) < 4.78 is 17.6. The van der Waals surface area contributed by atoms with Crippen molar-refractivity contribution in [1.82, 2.24) is 5.32 Å². The van der Waals surface area contributed by atoms with Crippen LogP contribution in [0.4, 0.5) is 0 Å². The fourth-order valence-corrected chi connectivity index (χ4v) is 3.84. The molecule has 6 nitrogen and oxygen atoms in total. The van der Waals surface area contributed by atoms with Gasteiger partial charge in [-0.25, -0.2) is 4.79 Å². The van der Waals surface area contributed by atoms with Gasteiger partial charge in [0.25, 0.3) is 0 Å². The number of benzene rings is 2. The minimum absolute atomic E-state index is 0.173. The van der Waals surface area contributed by atoms with Crippen molar-refractivity contribution in [3.8, 4) is 0 Å². The van der Waals surface area contributed by atoms with E-state index in [1.165, 1.54) is 6.07 Å². The number of hydrogen-bond donors (Lipinski definition) is 3. The number of morpholine rings is 1. The minimum atomic E-state index is -1.46. The maximum atomic E-state index is 11.8. The van der Waals surface area contributed by atoms with E-state index in [-0.39, 0.29) is 24.6 Å². The van der Waals surface area contributed by atoms with Crippen LogP contribution in [0.5, 0.6) is 0 Å². The van der Waals surface area contributed by atoms with Crippen LogP contribution in [0.25, 0.3) is 0 Å². The molecule has 3 rings (SSSR count). The molecule has 0 aliphatic carbocycles. The van der Waals surface area contributed by atoms with Crippen molar-refractivity contribution in [3.63, 3.8) is 0 Å². The molecule has 1 fully saturated rings. The number of carbonyl (C=O) groups is 1. The van der Waals surface area contributed by atoms with Crippen LogP contribution >= 0.6 is 8.46 Å². The summed E-state index contributed by atoms with van der Waals surface area (Å²) >= 11 is 0. The number of aromatic carboxylic acids is 1. The van der Waals surface area contributed by atoms with E-state index in [2.05, 4.69) is 5.32 Å². The van der Waals surface area contributed by atoms with Crippen LogP contribution in [0.15, 0.2) is 54.6 Å². The largest absolute Gasteiger partial charge is 0.478 e. The molecule has 7 heteroatoms. The molecule has 2 unspecified atom stereocenters. The van der Waals surface area contributed by atoms with Crippen LogP contribution in [0.2, 0.25) is 0 Å². The molecule has 1 aliphatic rings. The van der Waals surface area contributed by atoms with Gasteiger partial charge in [-0.3, -0.25) is 0 Å². The van der Waals surface area contributed by atoms with Gasteiger partial charge in [-0.2, -0.15) is 0 Å². The molecule has 0 saturated carbocycles. The molecule has 2 aromatic rings. The van der Waals surface area contributed by atoms with Gasteiger partial charge in [0.1, 0.15) is 11.4 Å². The van der Waals surface area contributed by atoms with Gasteiger partial charge in [0, 0.05) is 13.0 Å². The Bertz CT molecular complexity index is 777. The van der Waals surface area contributed by atoms with Gasteiger partial charge < -0.3 is 24.8 Å². The smallest absolute Gasteiger partial charge is 0.335 e. The van der Waals surface area contributed by atoms with Crippen molar-refractivity contribution in [1.29, 1.82) is 0 Å². The zero-order chi connectivity index (χ0) is 18.6. The molecule has 0 spiro atoms. The first-order valence-electron chi connectivity index (χ1n) is 8.43. The number of nitrogens with one attached hydrogen (secondary N) is 1. The maximum Gasteiger partial charge on any atom is 0.335 e. The van der Waals surface area contributed by atoms with Crippen molar-refractivity contribution in [3.05, 3.63) is 71.3 Å². The fourth-order valence-electron chi connectivity index (χ4n) is 3.16. The second-order valence-electron chi connectivity index (χ2n) is 6.48. The van der Waals surface area contributed by atoms with E-state index in [9.17, 15) is 14.5 Å². The molecule has 4 atom stereocenters. The molecule has 2 aromatic carbocycles. The highest BCUT2D eigenvalue weighted by Gasteiger charge is 2.39. The second-order valence-corrected chi connectivity index (χ2v) is 7.72. The molecule has 0 aromatic heterocycles. The van der Waals surface area contributed by atoms with Crippen molar-refractivity contribution in [2.45, 2.75) is 23.9 Å². The molecular weight excluding hydrogens is 353 g/mol. The second kappa shape index (κ2) is 8.14. The van der Waals surface area contributed by atoms with Crippen LogP contribution < -0.4 is 5.32 Å². The Balaban J connectivity index is 1.68. The van der Waals surface area contributed by atoms with E-state index in [4.69, 9.17) is 9.84 Å². The first-order valence-corrected chi connectivity index (χ1v) is 9.47. The van der Waals surface area contributed by atoms with Crippen LogP contribution in [0.1, 0.15) is 27.5 Å². The normalized spacial score (nSPS) is 23.0. The summed E-state index contributed by atoms with van der Waals surface area (Å²) in [5, 5.41) is 21.8. The summed E-state index contributed by atoms with van der Waals surface area (Å²) in [7, 11) is -1.46. The van der Waals surface area contributed by atoms with Gasteiger partial charge in [-0.1, -0.05) is 42.5 Å². The number of carboxylic acid groups (broad SMARTS) is 1. The molecule has 26 heavy (non-hydrogen) atoms. The lowest BCUT2D eigenvalue weighted by molar-refractivity contribution is -0.0853. The van der Waals surface area contributed by atoms with Gasteiger partial charge in [0.05, 0.1) is 26.7 Å². The quantitative estimate of drug-likeness (QED) is 0.670. The molecular formula is C19H22NO5P.